The highest BCUT2D eigenvalue weighted by Gasteiger charge is 2.33. The monoisotopic (exact) mass is 399 g/mol. The highest BCUT2D eigenvalue weighted by molar-refractivity contribution is 5.95. The van der Waals surface area contributed by atoms with E-state index in [4.69, 9.17) is 14.2 Å². The van der Waals surface area contributed by atoms with Crippen molar-refractivity contribution in [3.8, 4) is 11.5 Å². The van der Waals surface area contributed by atoms with Crippen LogP contribution >= 0.6 is 0 Å². The summed E-state index contributed by atoms with van der Waals surface area (Å²) in [5.41, 5.74) is 1.33. The molecule has 0 radical (unpaired) electrons. The van der Waals surface area contributed by atoms with Crippen LogP contribution in [-0.2, 0) is 16.0 Å². The zero-order valence-electron chi connectivity index (χ0n) is 16.8. The lowest BCUT2D eigenvalue weighted by molar-refractivity contribution is -0.121. The Morgan fingerprint density at radius 3 is 2.72 bits per heavy atom. The Kier molecular flexibility index (Phi) is 5.46. The highest BCUT2D eigenvalue weighted by atomic mass is 19.1. The first-order valence-corrected chi connectivity index (χ1v) is 10.0. The van der Waals surface area contributed by atoms with E-state index in [1.54, 1.807) is 17.0 Å². The summed E-state index contributed by atoms with van der Waals surface area (Å²) < 4.78 is 31.2. The van der Waals surface area contributed by atoms with Crippen molar-refractivity contribution in [3.05, 3.63) is 53.8 Å². The number of ether oxygens (including phenoxy) is 3. The number of anilines is 1. The number of hydrogen-bond donors (Lipinski definition) is 0. The zero-order chi connectivity index (χ0) is 20.4. The van der Waals surface area contributed by atoms with Gasteiger partial charge in [0.05, 0.1) is 0 Å². The van der Waals surface area contributed by atoms with Gasteiger partial charge in [0.25, 0.3) is 5.91 Å². The number of para-hydroxylation sites is 1. The maximum absolute atomic E-state index is 13.8. The molecule has 0 atom stereocenters. The molecule has 1 fully saturated rings. The molecule has 0 bridgehead atoms. The molecule has 0 spiro atoms. The van der Waals surface area contributed by atoms with E-state index in [2.05, 4.69) is 0 Å². The standard InChI is InChI=1S/C23H26FNO4/c1-23(2)14-16-5-3-8-20(22(16)29-23)28-15-21(26)25(18-9-11-27-12-10-18)19-7-4-6-17(24)13-19/h3-8,13,18H,9-12,14-15H2,1-2H3. The van der Waals surface area contributed by atoms with Gasteiger partial charge in [0.15, 0.2) is 18.1 Å². The molecule has 2 aromatic rings. The molecule has 2 aromatic carbocycles. The molecular weight excluding hydrogens is 373 g/mol. The normalized spacial score (nSPS) is 18.0. The second kappa shape index (κ2) is 8.03. The Hall–Kier alpha value is -2.60. The van der Waals surface area contributed by atoms with Gasteiger partial charge in [-0.05, 0) is 51.0 Å². The van der Waals surface area contributed by atoms with Crippen LogP contribution in [0.25, 0.3) is 0 Å². The van der Waals surface area contributed by atoms with Gasteiger partial charge in [-0.1, -0.05) is 18.2 Å². The highest BCUT2D eigenvalue weighted by Crippen LogP contribution is 2.41. The molecular formula is C23H26FNO4. The molecule has 5 nitrogen and oxygen atoms in total. The van der Waals surface area contributed by atoms with Crippen LogP contribution in [0.2, 0.25) is 0 Å². The molecule has 4 rings (SSSR count). The fourth-order valence-corrected chi connectivity index (χ4v) is 4.04. The minimum atomic E-state index is -0.371. The van der Waals surface area contributed by atoms with Crippen LogP contribution in [0.15, 0.2) is 42.5 Å². The summed E-state index contributed by atoms with van der Waals surface area (Å²) in [7, 11) is 0. The van der Waals surface area contributed by atoms with Crippen LogP contribution in [0.1, 0.15) is 32.3 Å². The largest absolute Gasteiger partial charge is 0.483 e. The minimum Gasteiger partial charge on any atom is -0.483 e. The number of nitrogens with zero attached hydrogens (tertiary/aromatic N) is 1. The Morgan fingerprint density at radius 1 is 1.21 bits per heavy atom. The number of hydrogen-bond acceptors (Lipinski definition) is 4. The van der Waals surface area contributed by atoms with Crippen molar-refractivity contribution in [1.82, 2.24) is 0 Å². The summed E-state index contributed by atoms with van der Waals surface area (Å²) in [6.07, 6.45) is 2.21. The van der Waals surface area contributed by atoms with Crippen LogP contribution in [0, 0.1) is 5.82 Å². The maximum atomic E-state index is 13.8. The van der Waals surface area contributed by atoms with Gasteiger partial charge < -0.3 is 19.1 Å². The summed E-state index contributed by atoms with van der Waals surface area (Å²) >= 11 is 0. The first kappa shape index (κ1) is 19.7. The van der Waals surface area contributed by atoms with Gasteiger partial charge in [-0.3, -0.25) is 4.79 Å². The number of benzene rings is 2. The fraction of sp³-hybridized carbons (Fsp3) is 0.435. The lowest BCUT2D eigenvalue weighted by Gasteiger charge is -2.34. The van der Waals surface area contributed by atoms with Crippen molar-refractivity contribution in [1.29, 1.82) is 0 Å². The van der Waals surface area contributed by atoms with Gasteiger partial charge in [-0.15, -0.1) is 0 Å². The van der Waals surface area contributed by atoms with E-state index in [0.29, 0.717) is 43.2 Å². The van der Waals surface area contributed by atoms with Crippen LogP contribution in [0.5, 0.6) is 11.5 Å². The Labute approximate surface area is 170 Å². The number of fused-ring (bicyclic) bond motifs is 1. The number of carbonyl (C=O) groups is 1. The van der Waals surface area contributed by atoms with Gasteiger partial charge in [0.2, 0.25) is 0 Å². The maximum Gasteiger partial charge on any atom is 0.265 e. The first-order valence-electron chi connectivity index (χ1n) is 10.0. The van der Waals surface area contributed by atoms with E-state index >= 15 is 0 Å². The molecule has 0 saturated carbocycles. The average molecular weight is 399 g/mol. The van der Waals surface area contributed by atoms with Gasteiger partial charge in [-0.2, -0.15) is 0 Å². The van der Waals surface area contributed by atoms with Crippen molar-refractivity contribution in [2.24, 2.45) is 0 Å². The van der Waals surface area contributed by atoms with Gasteiger partial charge >= 0.3 is 0 Å². The minimum absolute atomic E-state index is 0.0432. The predicted molar refractivity (Wildman–Crippen MR) is 108 cm³/mol. The van der Waals surface area contributed by atoms with Gasteiger partial charge in [0, 0.05) is 36.9 Å². The Morgan fingerprint density at radius 2 is 1.97 bits per heavy atom. The fourth-order valence-electron chi connectivity index (χ4n) is 4.04. The first-order chi connectivity index (χ1) is 13.9. The molecule has 29 heavy (non-hydrogen) atoms. The summed E-state index contributed by atoms with van der Waals surface area (Å²) in [5, 5.41) is 0. The number of amides is 1. The molecule has 0 N–H and O–H groups in total. The quantitative estimate of drug-likeness (QED) is 0.759. The summed E-state index contributed by atoms with van der Waals surface area (Å²) in [6, 6.07) is 11.8. The lowest BCUT2D eigenvalue weighted by atomic mass is 10.0. The van der Waals surface area contributed by atoms with Crippen molar-refractivity contribution < 1.29 is 23.4 Å². The van der Waals surface area contributed by atoms with E-state index in [1.807, 2.05) is 32.0 Å². The average Bonchev–Trinajstić information content (AvgIpc) is 3.02. The van der Waals surface area contributed by atoms with Gasteiger partial charge in [-0.25, -0.2) is 4.39 Å². The van der Waals surface area contributed by atoms with Crippen LogP contribution < -0.4 is 14.4 Å². The van der Waals surface area contributed by atoms with Crippen LogP contribution in [-0.4, -0.2) is 37.4 Å². The summed E-state index contributed by atoms with van der Waals surface area (Å²) in [4.78, 5) is 14.8. The van der Waals surface area contributed by atoms with Gasteiger partial charge in [0.1, 0.15) is 11.4 Å². The summed E-state index contributed by atoms with van der Waals surface area (Å²) in [6.45, 7) is 5.07. The smallest absolute Gasteiger partial charge is 0.265 e. The van der Waals surface area contributed by atoms with E-state index in [9.17, 15) is 9.18 Å². The number of rotatable bonds is 5. The molecule has 2 heterocycles. The van der Waals surface area contributed by atoms with E-state index < -0.39 is 0 Å². The molecule has 0 aromatic heterocycles. The van der Waals surface area contributed by atoms with Crippen LogP contribution in [0.3, 0.4) is 0 Å². The molecule has 2 aliphatic rings. The molecule has 0 unspecified atom stereocenters. The second-order valence-corrected chi connectivity index (χ2v) is 8.16. The third kappa shape index (κ3) is 4.37. The zero-order valence-corrected chi connectivity index (χ0v) is 16.8. The Balaban J connectivity index is 1.53. The number of carbonyl (C=O) groups excluding carboxylic acids is 1. The third-order valence-electron chi connectivity index (χ3n) is 5.32. The molecule has 1 saturated heterocycles. The van der Waals surface area contributed by atoms with Crippen molar-refractivity contribution >= 4 is 11.6 Å². The number of halogens is 1. The van der Waals surface area contributed by atoms with Crippen molar-refractivity contribution in [2.45, 2.75) is 44.8 Å². The SMILES string of the molecule is CC1(C)Cc2cccc(OCC(=O)N(c3cccc(F)c3)C3CCOCC3)c2O1. The third-order valence-corrected chi connectivity index (χ3v) is 5.32. The Bertz CT molecular complexity index is 892. The van der Waals surface area contributed by atoms with E-state index in [-0.39, 0.29) is 30.0 Å². The van der Waals surface area contributed by atoms with Crippen molar-refractivity contribution in [2.75, 3.05) is 24.7 Å². The van der Waals surface area contributed by atoms with E-state index in [1.165, 1.54) is 12.1 Å². The molecule has 154 valence electrons. The predicted octanol–water partition coefficient (Wildman–Crippen LogP) is 4.13. The second-order valence-electron chi connectivity index (χ2n) is 8.16. The van der Waals surface area contributed by atoms with Crippen LogP contribution in [0.4, 0.5) is 10.1 Å². The molecule has 0 aliphatic carbocycles. The topological polar surface area (TPSA) is 48.0 Å². The van der Waals surface area contributed by atoms with Crippen molar-refractivity contribution in [3.63, 3.8) is 0 Å². The molecule has 1 amide bonds. The summed E-state index contributed by atoms with van der Waals surface area (Å²) in [5.74, 6) is 0.684. The molecule has 2 aliphatic heterocycles. The van der Waals surface area contributed by atoms with E-state index in [0.717, 1.165) is 12.0 Å². The molecule has 6 heteroatoms. The lowest BCUT2D eigenvalue weighted by Crippen LogP contribution is -2.45.